The molecule has 0 saturated heterocycles. The van der Waals surface area contributed by atoms with Gasteiger partial charge in [0.15, 0.2) is 0 Å². The summed E-state index contributed by atoms with van der Waals surface area (Å²) in [5, 5.41) is 14.8. The number of carbonyl (C=O) groups is 1. The van der Waals surface area contributed by atoms with Crippen LogP contribution in [-0.2, 0) is 0 Å². The summed E-state index contributed by atoms with van der Waals surface area (Å²) in [5.74, 6) is 0.0606. The van der Waals surface area contributed by atoms with Crippen molar-refractivity contribution in [3.05, 3.63) is 67.7 Å². The fraction of sp³-hybridized carbons (Fsp3) is 0.125. The molecule has 7 nitrogen and oxygen atoms in total. The van der Waals surface area contributed by atoms with Gasteiger partial charge in [0.2, 0.25) is 0 Å². The van der Waals surface area contributed by atoms with Gasteiger partial charge in [-0.25, -0.2) is 5.43 Å². The van der Waals surface area contributed by atoms with Crippen LogP contribution < -0.4 is 10.2 Å². The number of nitrogens with zero attached hydrogens (tertiary/aromatic N) is 2. The SMILES string of the molecule is COc1ccc(Br)cc1/C=N\NC(=O)c1ccc(C)c([N+](=O)[O-])c1. The molecule has 0 aliphatic carbocycles. The standard InChI is InChI=1S/C16H14BrN3O4/c1-10-3-4-11(8-14(10)20(22)23)16(21)19-18-9-12-7-13(17)5-6-15(12)24-2/h3-9H,1-2H3,(H,19,21)/b18-9-. The maximum Gasteiger partial charge on any atom is 0.273 e. The zero-order valence-electron chi connectivity index (χ0n) is 12.9. The summed E-state index contributed by atoms with van der Waals surface area (Å²) in [4.78, 5) is 22.5. The number of hydrogen-bond acceptors (Lipinski definition) is 5. The monoisotopic (exact) mass is 391 g/mol. The van der Waals surface area contributed by atoms with Gasteiger partial charge in [-0.3, -0.25) is 14.9 Å². The molecule has 0 unspecified atom stereocenters. The van der Waals surface area contributed by atoms with Gasteiger partial charge in [0.05, 0.1) is 18.2 Å². The second-order valence-corrected chi connectivity index (χ2v) is 5.76. The topological polar surface area (TPSA) is 93.8 Å². The Hall–Kier alpha value is -2.74. The average molecular weight is 392 g/mol. The number of ether oxygens (including phenoxy) is 1. The molecule has 2 rings (SSSR count). The van der Waals surface area contributed by atoms with E-state index >= 15 is 0 Å². The van der Waals surface area contributed by atoms with Crippen LogP contribution in [0.1, 0.15) is 21.5 Å². The van der Waals surface area contributed by atoms with E-state index in [-0.39, 0.29) is 11.3 Å². The van der Waals surface area contributed by atoms with Crippen molar-refractivity contribution in [3.63, 3.8) is 0 Å². The molecule has 24 heavy (non-hydrogen) atoms. The Morgan fingerprint density at radius 1 is 1.33 bits per heavy atom. The summed E-state index contributed by atoms with van der Waals surface area (Å²) in [5.41, 5.74) is 3.54. The molecule has 1 amide bonds. The van der Waals surface area contributed by atoms with Crippen LogP contribution >= 0.6 is 15.9 Å². The van der Waals surface area contributed by atoms with E-state index in [1.807, 2.05) is 6.07 Å². The Bertz CT molecular complexity index is 821. The van der Waals surface area contributed by atoms with Crippen LogP contribution in [0.5, 0.6) is 5.75 Å². The van der Waals surface area contributed by atoms with Crippen molar-refractivity contribution < 1.29 is 14.5 Å². The Kier molecular flexibility index (Phi) is 5.64. The lowest BCUT2D eigenvalue weighted by atomic mass is 10.1. The number of carbonyl (C=O) groups excluding carboxylic acids is 1. The number of benzene rings is 2. The highest BCUT2D eigenvalue weighted by molar-refractivity contribution is 9.10. The maximum atomic E-state index is 12.1. The van der Waals surface area contributed by atoms with E-state index in [9.17, 15) is 14.9 Å². The molecule has 0 aliphatic rings. The van der Waals surface area contributed by atoms with Crippen LogP contribution in [0.2, 0.25) is 0 Å². The Labute approximate surface area is 146 Å². The third-order valence-electron chi connectivity index (χ3n) is 3.23. The van der Waals surface area contributed by atoms with Gasteiger partial charge in [-0.1, -0.05) is 22.0 Å². The molecular weight excluding hydrogens is 378 g/mol. The highest BCUT2D eigenvalue weighted by Gasteiger charge is 2.14. The first kappa shape index (κ1) is 17.6. The number of nitro benzene ring substituents is 1. The van der Waals surface area contributed by atoms with Crippen molar-refractivity contribution in [2.75, 3.05) is 7.11 Å². The second kappa shape index (κ2) is 7.69. The van der Waals surface area contributed by atoms with Crippen LogP contribution in [0.4, 0.5) is 5.69 Å². The van der Waals surface area contributed by atoms with Crippen LogP contribution in [0, 0.1) is 17.0 Å². The van der Waals surface area contributed by atoms with Crippen LogP contribution in [0.3, 0.4) is 0 Å². The predicted molar refractivity (Wildman–Crippen MR) is 93.6 cm³/mol. The number of nitrogens with one attached hydrogen (secondary N) is 1. The first-order chi connectivity index (χ1) is 11.4. The van der Waals surface area contributed by atoms with Crippen molar-refractivity contribution in [2.24, 2.45) is 5.10 Å². The van der Waals surface area contributed by atoms with Crippen molar-refractivity contribution >= 4 is 33.7 Å². The fourth-order valence-electron chi connectivity index (χ4n) is 1.98. The minimum absolute atomic E-state index is 0.111. The van der Waals surface area contributed by atoms with E-state index in [4.69, 9.17) is 4.74 Å². The van der Waals surface area contributed by atoms with E-state index in [1.54, 1.807) is 19.1 Å². The number of methoxy groups -OCH3 is 1. The van der Waals surface area contributed by atoms with Crippen molar-refractivity contribution in [2.45, 2.75) is 6.92 Å². The van der Waals surface area contributed by atoms with Gasteiger partial charge in [-0.05, 0) is 31.2 Å². The molecule has 0 atom stereocenters. The lowest BCUT2D eigenvalue weighted by Gasteiger charge is -2.05. The Morgan fingerprint density at radius 3 is 2.75 bits per heavy atom. The maximum absolute atomic E-state index is 12.1. The van der Waals surface area contributed by atoms with Crippen LogP contribution in [0.25, 0.3) is 0 Å². The quantitative estimate of drug-likeness (QED) is 0.479. The lowest BCUT2D eigenvalue weighted by Crippen LogP contribution is -2.18. The lowest BCUT2D eigenvalue weighted by molar-refractivity contribution is -0.385. The van der Waals surface area contributed by atoms with Gasteiger partial charge in [0.1, 0.15) is 5.75 Å². The van der Waals surface area contributed by atoms with Crippen molar-refractivity contribution in [1.29, 1.82) is 0 Å². The summed E-state index contributed by atoms with van der Waals surface area (Å²) in [6.07, 6.45) is 1.43. The zero-order valence-corrected chi connectivity index (χ0v) is 14.5. The molecule has 0 spiro atoms. The minimum Gasteiger partial charge on any atom is -0.496 e. The molecule has 0 aromatic heterocycles. The molecule has 124 valence electrons. The third-order valence-corrected chi connectivity index (χ3v) is 3.72. The van der Waals surface area contributed by atoms with Gasteiger partial charge in [-0.15, -0.1) is 0 Å². The third kappa shape index (κ3) is 4.17. The minimum atomic E-state index is -0.539. The highest BCUT2D eigenvalue weighted by atomic mass is 79.9. The molecule has 2 aromatic rings. The Balaban J connectivity index is 2.15. The average Bonchev–Trinajstić information content (AvgIpc) is 2.55. The normalized spacial score (nSPS) is 10.6. The number of aryl methyl sites for hydroxylation is 1. The van der Waals surface area contributed by atoms with Crippen LogP contribution in [-0.4, -0.2) is 24.2 Å². The number of hydrazone groups is 1. The molecule has 8 heteroatoms. The largest absolute Gasteiger partial charge is 0.496 e. The van der Waals surface area contributed by atoms with Crippen LogP contribution in [0.15, 0.2) is 46.0 Å². The van der Waals surface area contributed by atoms with Gasteiger partial charge < -0.3 is 4.74 Å². The zero-order chi connectivity index (χ0) is 17.7. The molecule has 0 bridgehead atoms. The predicted octanol–water partition coefficient (Wildman–Crippen LogP) is 3.44. The van der Waals surface area contributed by atoms with Gasteiger partial charge in [0.25, 0.3) is 11.6 Å². The molecule has 1 N–H and O–H groups in total. The second-order valence-electron chi connectivity index (χ2n) is 4.84. The van der Waals surface area contributed by atoms with E-state index in [2.05, 4.69) is 26.5 Å². The van der Waals surface area contributed by atoms with E-state index in [0.29, 0.717) is 16.9 Å². The van der Waals surface area contributed by atoms with Crippen molar-refractivity contribution in [1.82, 2.24) is 5.43 Å². The first-order valence-electron chi connectivity index (χ1n) is 6.84. The number of rotatable bonds is 5. The summed E-state index contributed by atoms with van der Waals surface area (Å²) in [6, 6.07) is 9.61. The molecule has 2 aromatic carbocycles. The Morgan fingerprint density at radius 2 is 2.08 bits per heavy atom. The number of halogens is 1. The molecule has 0 heterocycles. The summed E-state index contributed by atoms with van der Waals surface area (Å²) < 4.78 is 6.04. The highest BCUT2D eigenvalue weighted by Crippen LogP contribution is 2.21. The van der Waals surface area contributed by atoms with Gasteiger partial charge >= 0.3 is 0 Å². The molecule has 0 aliphatic heterocycles. The van der Waals surface area contributed by atoms with E-state index in [1.165, 1.54) is 31.5 Å². The number of amides is 1. The molecule has 0 fully saturated rings. The van der Waals surface area contributed by atoms with E-state index < -0.39 is 10.8 Å². The molecule has 0 radical (unpaired) electrons. The molecular formula is C16H14BrN3O4. The number of nitro groups is 1. The van der Waals surface area contributed by atoms with Gasteiger partial charge in [-0.2, -0.15) is 5.10 Å². The molecule has 0 saturated carbocycles. The summed E-state index contributed by atoms with van der Waals surface area (Å²) in [6.45, 7) is 1.61. The van der Waals surface area contributed by atoms with E-state index in [0.717, 1.165) is 4.47 Å². The summed E-state index contributed by atoms with van der Waals surface area (Å²) in [7, 11) is 1.53. The summed E-state index contributed by atoms with van der Waals surface area (Å²) >= 11 is 3.34. The van der Waals surface area contributed by atoms with Gasteiger partial charge in [0, 0.05) is 27.2 Å². The fourth-order valence-corrected chi connectivity index (χ4v) is 2.36. The van der Waals surface area contributed by atoms with Crippen molar-refractivity contribution in [3.8, 4) is 5.75 Å². The smallest absolute Gasteiger partial charge is 0.273 e. The first-order valence-corrected chi connectivity index (χ1v) is 7.63. The number of hydrogen-bond donors (Lipinski definition) is 1.